The molecule has 0 aliphatic heterocycles. The van der Waals surface area contributed by atoms with E-state index in [0.717, 1.165) is 16.9 Å². The summed E-state index contributed by atoms with van der Waals surface area (Å²) in [4.78, 5) is 16.1. The maximum absolute atomic E-state index is 11.9. The van der Waals surface area contributed by atoms with Crippen molar-refractivity contribution < 1.29 is 4.79 Å². The third-order valence-electron chi connectivity index (χ3n) is 3.44. The second-order valence-corrected chi connectivity index (χ2v) is 5.04. The normalized spacial score (nSPS) is 10.4. The van der Waals surface area contributed by atoms with E-state index in [-0.39, 0.29) is 5.91 Å². The topological polar surface area (TPSA) is 54.0 Å². The number of carbonyl (C=O) groups excluding carboxylic acids is 1. The summed E-state index contributed by atoms with van der Waals surface area (Å²) in [5.74, 6) is 0.0252. The van der Waals surface area contributed by atoms with Crippen LogP contribution in [-0.2, 0) is 11.3 Å². The lowest BCUT2D eigenvalue weighted by Gasteiger charge is -2.10. The van der Waals surface area contributed by atoms with Gasteiger partial charge in [0.25, 0.3) is 0 Å². The summed E-state index contributed by atoms with van der Waals surface area (Å²) in [6.07, 6.45) is 2.21. The molecule has 110 valence electrons. The highest BCUT2D eigenvalue weighted by Gasteiger charge is 2.05. The monoisotopic (exact) mass is 283 g/mol. The van der Waals surface area contributed by atoms with Gasteiger partial charge in [0.05, 0.1) is 5.69 Å². The number of aryl methyl sites for hydroxylation is 1. The Bertz CT molecular complexity index is 596. The van der Waals surface area contributed by atoms with Crippen LogP contribution in [0.5, 0.6) is 0 Å². The third kappa shape index (κ3) is 4.68. The van der Waals surface area contributed by atoms with Crippen LogP contribution in [0.25, 0.3) is 0 Å². The Morgan fingerprint density at radius 3 is 2.76 bits per heavy atom. The first kappa shape index (κ1) is 15.2. The van der Waals surface area contributed by atoms with Gasteiger partial charge in [-0.15, -0.1) is 0 Å². The van der Waals surface area contributed by atoms with Gasteiger partial charge in [-0.25, -0.2) is 0 Å². The van der Waals surface area contributed by atoms with Crippen LogP contribution in [0, 0.1) is 13.8 Å². The van der Waals surface area contributed by atoms with E-state index in [0.29, 0.717) is 19.5 Å². The summed E-state index contributed by atoms with van der Waals surface area (Å²) in [7, 11) is 0. The van der Waals surface area contributed by atoms with Gasteiger partial charge in [-0.3, -0.25) is 9.78 Å². The van der Waals surface area contributed by atoms with Crippen molar-refractivity contribution >= 4 is 11.6 Å². The molecule has 2 aromatic rings. The smallest absolute Gasteiger partial charge is 0.225 e. The molecule has 0 atom stereocenters. The predicted molar refractivity (Wildman–Crippen MR) is 85.1 cm³/mol. The molecule has 0 bridgehead atoms. The fourth-order valence-electron chi connectivity index (χ4n) is 2.02. The quantitative estimate of drug-likeness (QED) is 0.802. The summed E-state index contributed by atoms with van der Waals surface area (Å²) in [5.41, 5.74) is 4.17. The number of rotatable bonds is 6. The Labute approximate surface area is 125 Å². The molecule has 0 saturated carbocycles. The van der Waals surface area contributed by atoms with E-state index >= 15 is 0 Å². The van der Waals surface area contributed by atoms with Crippen molar-refractivity contribution in [3.8, 4) is 0 Å². The van der Waals surface area contributed by atoms with E-state index in [1.165, 1.54) is 5.56 Å². The van der Waals surface area contributed by atoms with Crippen molar-refractivity contribution in [2.45, 2.75) is 26.8 Å². The van der Waals surface area contributed by atoms with Crippen molar-refractivity contribution in [1.29, 1.82) is 0 Å². The van der Waals surface area contributed by atoms with E-state index in [9.17, 15) is 4.79 Å². The molecule has 1 aromatic heterocycles. The maximum Gasteiger partial charge on any atom is 0.225 e. The van der Waals surface area contributed by atoms with Crippen molar-refractivity contribution in [2.75, 3.05) is 11.9 Å². The molecule has 0 unspecified atom stereocenters. The highest BCUT2D eigenvalue weighted by atomic mass is 16.1. The number of nitrogens with zero attached hydrogens (tertiary/aromatic N) is 1. The average molecular weight is 283 g/mol. The predicted octanol–water partition coefficient (Wildman–Crippen LogP) is 2.82. The van der Waals surface area contributed by atoms with Gasteiger partial charge in [0, 0.05) is 31.4 Å². The van der Waals surface area contributed by atoms with Gasteiger partial charge in [0.2, 0.25) is 5.91 Å². The summed E-state index contributed by atoms with van der Waals surface area (Å²) >= 11 is 0. The molecule has 1 aromatic carbocycles. The standard InChI is InChI=1S/C17H21N3O/c1-13-6-5-8-16(14(13)2)20-17(21)9-11-18-12-15-7-3-4-10-19-15/h3-8,10,18H,9,11-12H2,1-2H3,(H,20,21). The molecule has 0 aliphatic rings. The molecule has 0 spiro atoms. The molecule has 0 fully saturated rings. The average Bonchev–Trinajstić information content (AvgIpc) is 2.49. The van der Waals surface area contributed by atoms with Crippen LogP contribution in [0.2, 0.25) is 0 Å². The Morgan fingerprint density at radius 2 is 2.00 bits per heavy atom. The molecular weight excluding hydrogens is 262 g/mol. The van der Waals surface area contributed by atoms with Gasteiger partial charge in [0.15, 0.2) is 0 Å². The van der Waals surface area contributed by atoms with E-state index in [1.54, 1.807) is 6.20 Å². The fraction of sp³-hybridized carbons (Fsp3) is 0.294. The minimum absolute atomic E-state index is 0.0252. The lowest BCUT2D eigenvalue weighted by molar-refractivity contribution is -0.116. The van der Waals surface area contributed by atoms with E-state index in [1.807, 2.05) is 50.2 Å². The molecule has 21 heavy (non-hydrogen) atoms. The van der Waals surface area contributed by atoms with Crippen molar-refractivity contribution in [1.82, 2.24) is 10.3 Å². The van der Waals surface area contributed by atoms with Gasteiger partial charge in [-0.05, 0) is 43.2 Å². The lowest BCUT2D eigenvalue weighted by Crippen LogP contribution is -2.22. The van der Waals surface area contributed by atoms with Gasteiger partial charge in [-0.2, -0.15) is 0 Å². The Balaban J connectivity index is 1.74. The molecule has 1 heterocycles. The number of amides is 1. The van der Waals surface area contributed by atoms with E-state index < -0.39 is 0 Å². The third-order valence-corrected chi connectivity index (χ3v) is 3.44. The number of nitrogens with one attached hydrogen (secondary N) is 2. The van der Waals surface area contributed by atoms with Crippen molar-refractivity contribution in [2.24, 2.45) is 0 Å². The fourth-order valence-corrected chi connectivity index (χ4v) is 2.02. The lowest BCUT2D eigenvalue weighted by atomic mass is 10.1. The van der Waals surface area contributed by atoms with Crippen LogP contribution in [-0.4, -0.2) is 17.4 Å². The van der Waals surface area contributed by atoms with Gasteiger partial charge >= 0.3 is 0 Å². The highest BCUT2D eigenvalue weighted by Crippen LogP contribution is 2.17. The summed E-state index contributed by atoms with van der Waals surface area (Å²) < 4.78 is 0. The van der Waals surface area contributed by atoms with E-state index in [2.05, 4.69) is 15.6 Å². The number of hydrogen-bond acceptors (Lipinski definition) is 3. The molecule has 0 saturated heterocycles. The van der Waals surface area contributed by atoms with Crippen LogP contribution in [0.15, 0.2) is 42.6 Å². The van der Waals surface area contributed by atoms with Crippen LogP contribution >= 0.6 is 0 Å². The number of carbonyl (C=O) groups is 1. The molecule has 2 N–H and O–H groups in total. The number of anilines is 1. The highest BCUT2D eigenvalue weighted by molar-refractivity contribution is 5.91. The zero-order valence-electron chi connectivity index (χ0n) is 12.5. The Kier molecular flexibility index (Phi) is 5.46. The SMILES string of the molecule is Cc1cccc(NC(=O)CCNCc2ccccn2)c1C. The van der Waals surface area contributed by atoms with Crippen LogP contribution in [0.3, 0.4) is 0 Å². The molecule has 4 heteroatoms. The second kappa shape index (κ2) is 7.55. The first-order chi connectivity index (χ1) is 10.2. The van der Waals surface area contributed by atoms with Gasteiger partial charge in [0.1, 0.15) is 0 Å². The Morgan fingerprint density at radius 1 is 1.14 bits per heavy atom. The molecule has 0 radical (unpaired) electrons. The second-order valence-electron chi connectivity index (χ2n) is 5.04. The summed E-state index contributed by atoms with van der Waals surface area (Å²) in [6, 6.07) is 11.7. The Hall–Kier alpha value is -2.20. The number of hydrogen-bond donors (Lipinski definition) is 2. The van der Waals surface area contributed by atoms with Crippen LogP contribution < -0.4 is 10.6 Å². The summed E-state index contributed by atoms with van der Waals surface area (Å²) in [5, 5.41) is 6.18. The number of pyridine rings is 1. The molecule has 1 amide bonds. The first-order valence-electron chi connectivity index (χ1n) is 7.13. The zero-order valence-corrected chi connectivity index (χ0v) is 12.5. The van der Waals surface area contributed by atoms with Crippen LogP contribution in [0.4, 0.5) is 5.69 Å². The maximum atomic E-state index is 11.9. The van der Waals surface area contributed by atoms with E-state index in [4.69, 9.17) is 0 Å². The summed E-state index contributed by atoms with van der Waals surface area (Å²) in [6.45, 7) is 5.37. The molecule has 2 rings (SSSR count). The van der Waals surface area contributed by atoms with Gasteiger partial charge in [-0.1, -0.05) is 18.2 Å². The largest absolute Gasteiger partial charge is 0.326 e. The molecular formula is C17H21N3O. The molecule has 0 aliphatic carbocycles. The number of benzene rings is 1. The van der Waals surface area contributed by atoms with Crippen molar-refractivity contribution in [3.63, 3.8) is 0 Å². The first-order valence-corrected chi connectivity index (χ1v) is 7.13. The van der Waals surface area contributed by atoms with Gasteiger partial charge < -0.3 is 10.6 Å². The minimum atomic E-state index is 0.0252. The number of aromatic nitrogens is 1. The molecule has 4 nitrogen and oxygen atoms in total. The zero-order chi connectivity index (χ0) is 15.1. The van der Waals surface area contributed by atoms with Crippen molar-refractivity contribution in [3.05, 3.63) is 59.4 Å². The minimum Gasteiger partial charge on any atom is -0.326 e. The van der Waals surface area contributed by atoms with Crippen LogP contribution in [0.1, 0.15) is 23.2 Å².